The fraction of sp³-hybridized carbons (Fsp3) is 0.381. The molecule has 0 bridgehead atoms. The largest absolute Gasteiger partial charge is 0.325 e. The van der Waals surface area contributed by atoms with E-state index in [-0.39, 0.29) is 30.2 Å². The molecule has 1 aromatic carbocycles. The Bertz CT molecular complexity index is 852. The summed E-state index contributed by atoms with van der Waals surface area (Å²) in [6.45, 7) is 1.80. The van der Waals surface area contributed by atoms with E-state index in [4.69, 9.17) is 0 Å². The maximum absolute atomic E-state index is 13.5. The summed E-state index contributed by atoms with van der Waals surface area (Å²) in [5.41, 5.74) is 0.630. The number of urea groups is 1. The number of amides is 3. The molecule has 2 aromatic rings. The van der Waals surface area contributed by atoms with Crippen LogP contribution in [0, 0.1) is 11.7 Å². The first-order valence-electron chi connectivity index (χ1n) is 9.57. The molecule has 0 saturated carbocycles. The van der Waals surface area contributed by atoms with Gasteiger partial charge in [-0.15, -0.1) is 0 Å². The Labute approximate surface area is 163 Å². The van der Waals surface area contributed by atoms with Gasteiger partial charge in [0.1, 0.15) is 11.4 Å². The van der Waals surface area contributed by atoms with Crippen LogP contribution < -0.4 is 10.6 Å². The highest BCUT2D eigenvalue weighted by Crippen LogP contribution is 2.35. The Balaban J connectivity index is 1.65. The maximum Gasteiger partial charge on any atom is 0.325 e. The van der Waals surface area contributed by atoms with E-state index in [0.717, 1.165) is 37.1 Å². The van der Waals surface area contributed by atoms with Crippen LogP contribution in [-0.4, -0.2) is 40.5 Å². The summed E-state index contributed by atoms with van der Waals surface area (Å²) in [7, 11) is 0. The predicted octanol–water partition coefficient (Wildman–Crippen LogP) is 2.25. The Hall–Kier alpha value is -2.80. The predicted molar refractivity (Wildman–Crippen MR) is 102 cm³/mol. The first-order valence-corrected chi connectivity index (χ1v) is 9.57. The van der Waals surface area contributed by atoms with Crippen molar-refractivity contribution in [2.24, 2.45) is 5.92 Å². The topological polar surface area (TPSA) is 74.3 Å². The van der Waals surface area contributed by atoms with Crippen molar-refractivity contribution >= 4 is 11.9 Å². The van der Waals surface area contributed by atoms with Crippen LogP contribution in [0.5, 0.6) is 0 Å². The van der Waals surface area contributed by atoms with Crippen LogP contribution in [0.15, 0.2) is 48.8 Å². The van der Waals surface area contributed by atoms with Gasteiger partial charge in [0.15, 0.2) is 0 Å². The molecular formula is C21H23FN4O2. The minimum atomic E-state index is -1.00. The first-order chi connectivity index (χ1) is 13.6. The zero-order valence-electron chi connectivity index (χ0n) is 15.5. The second kappa shape index (κ2) is 7.67. The molecular weight excluding hydrogens is 359 g/mol. The number of hydrogen-bond acceptors (Lipinski definition) is 4. The molecule has 4 rings (SSSR count). The lowest BCUT2D eigenvalue weighted by atomic mass is 9.74. The molecule has 2 saturated heterocycles. The lowest BCUT2D eigenvalue weighted by Gasteiger charge is -2.38. The maximum atomic E-state index is 13.5. The summed E-state index contributed by atoms with van der Waals surface area (Å²) in [6, 6.07) is 9.39. The number of hydrogen-bond donors (Lipinski definition) is 2. The van der Waals surface area contributed by atoms with Crippen LogP contribution in [0.1, 0.15) is 24.0 Å². The third kappa shape index (κ3) is 3.49. The molecule has 1 aromatic heterocycles. The quantitative estimate of drug-likeness (QED) is 0.778. The molecule has 3 heterocycles. The molecule has 0 spiro atoms. The van der Waals surface area contributed by atoms with E-state index >= 15 is 0 Å². The molecule has 0 aliphatic carbocycles. The molecule has 2 aliphatic rings. The number of nitrogens with zero attached hydrogens (tertiary/aromatic N) is 2. The highest BCUT2D eigenvalue weighted by Gasteiger charge is 2.55. The van der Waals surface area contributed by atoms with Gasteiger partial charge >= 0.3 is 6.03 Å². The minimum Gasteiger partial charge on any atom is -0.322 e. The fourth-order valence-electron chi connectivity index (χ4n) is 4.24. The summed E-state index contributed by atoms with van der Waals surface area (Å²) in [5, 5.41) is 6.32. The lowest BCUT2D eigenvalue weighted by molar-refractivity contribution is -0.134. The zero-order chi connectivity index (χ0) is 19.6. The summed E-state index contributed by atoms with van der Waals surface area (Å²) < 4.78 is 13.3. The average molecular weight is 382 g/mol. The number of imide groups is 1. The summed E-state index contributed by atoms with van der Waals surface area (Å²) in [4.78, 5) is 31.7. The van der Waals surface area contributed by atoms with Gasteiger partial charge in [0.05, 0.1) is 6.54 Å². The Morgan fingerprint density at radius 3 is 2.54 bits per heavy atom. The highest BCUT2D eigenvalue weighted by molar-refractivity contribution is 6.07. The van der Waals surface area contributed by atoms with Gasteiger partial charge in [-0.25, -0.2) is 9.18 Å². The van der Waals surface area contributed by atoms with Crippen molar-refractivity contribution in [3.63, 3.8) is 0 Å². The number of pyridine rings is 1. The first kappa shape index (κ1) is 18.6. The molecule has 0 unspecified atom stereocenters. The van der Waals surface area contributed by atoms with Crippen LogP contribution in [0.3, 0.4) is 0 Å². The van der Waals surface area contributed by atoms with Gasteiger partial charge in [0, 0.05) is 18.8 Å². The lowest BCUT2D eigenvalue weighted by Crippen LogP contribution is -2.57. The standard InChI is InChI=1S/C21H23FN4O2/c22-18-5-3-15(4-6-18)12-21(17-7-10-23-11-8-17)19(27)26(20(28)25-21)14-16-2-1-9-24-13-16/h1-6,9,13,17,23H,7-8,10-12,14H2,(H,25,28)/t21-/m1/s1. The number of piperidine rings is 1. The molecule has 3 amide bonds. The van der Waals surface area contributed by atoms with Crippen molar-refractivity contribution in [2.45, 2.75) is 31.3 Å². The molecule has 2 N–H and O–H groups in total. The minimum absolute atomic E-state index is 0.0224. The van der Waals surface area contributed by atoms with Gasteiger partial charge < -0.3 is 10.6 Å². The normalized spacial score (nSPS) is 23.1. The van der Waals surface area contributed by atoms with Crippen molar-refractivity contribution in [2.75, 3.05) is 13.1 Å². The van der Waals surface area contributed by atoms with Crippen molar-refractivity contribution in [1.82, 2.24) is 20.5 Å². The fourth-order valence-corrected chi connectivity index (χ4v) is 4.24. The smallest absolute Gasteiger partial charge is 0.322 e. The monoisotopic (exact) mass is 382 g/mol. The van der Waals surface area contributed by atoms with E-state index in [2.05, 4.69) is 15.6 Å². The van der Waals surface area contributed by atoms with Gasteiger partial charge in [-0.3, -0.25) is 14.7 Å². The molecule has 0 radical (unpaired) electrons. The number of carbonyl (C=O) groups is 2. The van der Waals surface area contributed by atoms with Crippen molar-refractivity contribution < 1.29 is 14.0 Å². The average Bonchev–Trinajstić information content (AvgIpc) is 2.96. The third-order valence-electron chi connectivity index (χ3n) is 5.70. The zero-order valence-corrected chi connectivity index (χ0v) is 15.5. The molecule has 6 nitrogen and oxygen atoms in total. The molecule has 2 fully saturated rings. The van der Waals surface area contributed by atoms with E-state index in [1.165, 1.54) is 17.0 Å². The summed E-state index contributed by atoms with van der Waals surface area (Å²) >= 11 is 0. The number of halogens is 1. The van der Waals surface area contributed by atoms with E-state index in [1.54, 1.807) is 30.6 Å². The number of nitrogens with one attached hydrogen (secondary N) is 2. The second-order valence-corrected chi connectivity index (χ2v) is 7.48. The number of benzene rings is 1. The molecule has 1 atom stereocenters. The number of rotatable bonds is 5. The van der Waals surface area contributed by atoms with E-state index < -0.39 is 5.54 Å². The second-order valence-electron chi connectivity index (χ2n) is 7.48. The molecule has 2 aliphatic heterocycles. The van der Waals surface area contributed by atoms with Crippen LogP contribution in [0.25, 0.3) is 0 Å². The van der Waals surface area contributed by atoms with Gasteiger partial charge in [-0.2, -0.15) is 0 Å². The van der Waals surface area contributed by atoms with Crippen molar-refractivity contribution in [1.29, 1.82) is 0 Å². The third-order valence-corrected chi connectivity index (χ3v) is 5.70. The van der Waals surface area contributed by atoms with E-state index in [0.29, 0.717) is 6.42 Å². The van der Waals surface area contributed by atoms with Crippen molar-refractivity contribution in [3.05, 3.63) is 65.7 Å². The molecule has 28 heavy (non-hydrogen) atoms. The highest BCUT2D eigenvalue weighted by atomic mass is 19.1. The Kier molecular flexibility index (Phi) is 5.09. The molecule has 7 heteroatoms. The van der Waals surface area contributed by atoms with Crippen LogP contribution in [-0.2, 0) is 17.8 Å². The SMILES string of the molecule is O=C1N[C@](Cc2ccc(F)cc2)(C2CCNCC2)C(=O)N1Cc1cccnc1. The van der Waals surface area contributed by atoms with Gasteiger partial charge in [-0.1, -0.05) is 18.2 Å². The number of aromatic nitrogens is 1. The summed E-state index contributed by atoms with van der Waals surface area (Å²) in [5.74, 6) is -0.508. The van der Waals surface area contributed by atoms with E-state index in [9.17, 15) is 14.0 Å². The Morgan fingerprint density at radius 2 is 1.86 bits per heavy atom. The van der Waals surface area contributed by atoms with Crippen LogP contribution >= 0.6 is 0 Å². The van der Waals surface area contributed by atoms with Crippen molar-refractivity contribution in [3.8, 4) is 0 Å². The van der Waals surface area contributed by atoms with Crippen LogP contribution in [0.2, 0.25) is 0 Å². The number of carbonyl (C=O) groups excluding carboxylic acids is 2. The van der Waals surface area contributed by atoms with E-state index in [1.807, 2.05) is 6.07 Å². The van der Waals surface area contributed by atoms with Crippen LogP contribution in [0.4, 0.5) is 9.18 Å². The molecule has 146 valence electrons. The Morgan fingerprint density at radius 1 is 1.11 bits per heavy atom. The van der Waals surface area contributed by atoms with Gasteiger partial charge in [0.2, 0.25) is 0 Å². The van der Waals surface area contributed by atoms with Gasteiger partial charge in [-0.05, 0) is 61.2 Å². The van der Waals surface area contributed by atoms with Gasteiger partial charge in [0.25, 0.3) is 5.91 Å². The summed E-state index contributed by atoms with van der Waals surface area (Å²) in [6.07, 6.45) is 5.27.